The summed E-state index contributed by atoms with van der Waals surface area (Å²) >= 11 is 5.96. The van der Waals surface area contributed by atoms with Crippen molar-refractivity contribution in [2.45, 2.75) is 6.92 Å². The predicted octanol–water partition coefficient (Wildman–Crippen LogP) is 5.21. The number of fused-ring (bicyclic) bond motifs is 2. The minimum Gasteiger partial charge on any atom is -0.486 e. The van der Waals surface area contributed by atoms with Crippen LogP contribution in [0.25, 0.3) is 22.1 Å². The minimum absolute atomic E-state index is 0.149. The van der Waals surface area contributed by atoms with Gasteiger partial charge in [-0.05, 0) is 48.9 Å². The fraction of sp³-hybridized carbons (Fsp3) is 0.154. The van der Waals surface area contributed by atoms with Gasteiger partial charge in [-0.15, -0.1) is 0 Å². The average Bonchev–Trinajstić information content (AvgIpc) is 2.83. The summed E-state index contributed by atoms with van der Waals surface area (Å²) in [5.41, 5.74) is 2.02. The molecule has 0 spiro atoms. The normalized spacial score (nSPS) is 12.4. The first-order valence-corrected chi connectivity index (χ1v) is 11.0. The van der Waals surface area contributed by atoms with Crippen molar-refractivity contribution in [3.05, 3.63) is 81.7 Å². The zero-order valence-electron chi connectivity index (χ0n) is 18.2. The molecule has 1 aliphatic rings. The number of halogens is 1. The van der Waals surface area contributed by atoms with E-state index in [4.69, 9.17) is 30.2 Å². The van der Waals surface area contributed by atoms with Gasteiger partial charge in [-0.3, -0.25) is 9.59 Å². The van der Waals surface area contributed by atoms with Crippen molar-refractivity contribution in [1.29, 1.82) is 0 Å². The zero-order valence-corrected chi connectivity index (χ0v) is 19.0. The highest BCUT2D eigenvalue weighted by Gasteiger charge is 2.15. The maximum Gasteiger partial charge on any atom is 0.262 e. The standard InChI is InChI=1S/C26H20ClNO6/c1-15-25(16-2-4-17(27)5-3-16)26(30)20-8-7-19(13-22(20)34-15)33-14-24(29)28-18-6-9-21-23(12-18)32-11-10-31-21/h2-9,12-13H,10-11,14H2,1H3,(H,28,29). The quantitative estimate of drug-likeness (QED) is 0.424. The smallest absolute Gasteiger partial charge is 0.262 e. The molecule has 34 heavy (non-hydrogen) atoms. The van der Waals surface area contributed by atoms with Crippen LogP contribution in [-0.2, 0) is 4.79 Å². The van der Waals surface area contributed by atoms with Crippen LogP contribution < -0.4 is 25.0 Å². The molecule has 0 atom stereocenters. The summed E-state index contributed by atoms with van der Waals surface area (Å²) in [6.07, 6.45) is 0. The molecule has 172 valence electrons. The lowest BCUT2D eigenvalue weighted by atomic mass is 10.0. The van der Waals surface area contributed by atoms with Gasteiger partial charge >= 0.3 is 0 Å². The van der Waals surface area contributed by atoms with Crippen molar-refractivity contribution in [2.75, 3.05) is 25.1 Å². The van der Waals surface area contributed by atoms with Crippen LogP contribution in [0.2, 0.25) is 5.02 Å². The van der Waals surface area contributed by atoms with Gasteiger partial charge in [0.05, 0.1) is 10.9 Å². The van der Waals surface area contributed by atoms with Crippen molar-refractivity contribution in [3.63, 3.8) is 0 Å². The Bertz CT molecular complexity index is 1440. The van der Waals surface area contributed by atoms with E-state index in [0.717, 1.165) is 5.56 Å². The van der Waals surface area contributed by atoms with Gasteiger partial charge < -0.3 is 23.9 Å². The third-order valence-corrected chi connectivity index (χ3v) is 5.62. The number of rotatable bonds is 5. The molecular formula is C26H20ClNO6. The van der Waals surface area contributed by atoms with Gasteiger partial charge in [0, 0.05) is 22.8 Å². The van der Waals surface area contributed by atoms with Gasteiger partial charge in [0.2, 0.25) is 5.43 Å². The Morgan fingerprint density at radius 3 is 2.56 bits per heavy atom. The maximum absolute atomic E-state index is 13.1. The lowest BCUT2D eigenvalue weighted by Gasteiger charge is -2.19. The van der Waals surface area contributed by atoms with Gasteiger partial charge in [0.1, 0.15) is 30.3 Å². The number of carbonyl (C=O) groups is 1. The molecule has 0 saturated heterocycles. The molecule has 3 aromatic carbocycles. The summed E-state index contributed by atoms with van der Waals surface area (Å²) in [6.45, 7) is 2.48. The first-order chi connectivity index (χ1) is 16.5. The van der Waals surface area contributed by atoms with Crippen LogP contribution in [0.3, 0.4) is 0 Å². The van der Waals surface area contributed by atoms with Crippen LogP contribution in [0.15, 0.2) is 69.9 Å². The van der Waals surface area contributed by atoms with Crippen molar-refractivity contribution >= 4 is 34.2 Å². The Hall–Kier alpha value is -3.97. The molecule has 0 unspecified atom stereocenters. The fourth-order valence-electron chi connectivity index (χ4n) is 3.79. The topological polar surface area (TPSA) is 87.0 Å². The van der Waals surface area contributed by atoms with E-state index in [1.807, 2.05) is 0 Å². The Morgan fingerprint density at radius 2 is 1.76 bits per heavy atom. The highest BCUT2D eigenvalue weighted by atomic mass is 35.5. The molecule has 1 amide bonds. The molecular weight excluding hydrogens is 458 g/mol. The van der Waals surface area contributed by atoms with Gasteiger partial charge in [-0.1, -0.05) is 23.7 Å². The highest BCUT2D eigenvalue weighted by molar-refractivity contribution is 6.30. The molecule has 1 aromatic heterocycles. The summed E-state index contributed by atoms with van der Waals surface area (Å²) in [5.74, 6) is 1.78. The van der Waals surface area contributed by atoms with E-state index in [0.29, 0.717) is 63.5 Å². The molecule has 0 fully saturated rings. The Labute approximate surface area is 199 Å². The summed E-state index contributed by atoms with van der Waals surface area (Å²) in [7, 11) is 0. The summed E-state index contributed by atoms with van der Waals surface area (Å²) in [4.78, 5) is 25.5. The number of ether oxygens (including phenoxy) is 3. The molecule has 0 radical (unpaired) electrons. The third kappa shape index (κ3) is 4.43. The van der Waals surface area contributed by atoms with Crippen LogP contribution >= 0.6 is 11.6 Å². The van der Waals surface area contributed by atoms with Crippen LogP contribution in [-0.4, -0.2) is 25.7 Å². The second-order valence-corrected chi connectivity index (χ2v) is 8.16. The van der Waals surface area contributed by atoms with Crippen molar-refractivity contribution in [1.82, 2.24) is 0 Å². The van der Waals surface area contributed by atoms with Crippen LogP contribution in [0.1, 0.15) is 5.76 Å². The predicted molar refractivity (Wildman–Crippen MR) is 129 cm³/mol. The number of benzene rings is 3. The van der Waals surface area contributed by atoms with E-state index in [-0.39, 0.29) is 17.9 Å². The first-order valence-electron chi connectivity index (χ1n) is 10.6. The minimum atomic E-state index is -0.340. The van der Waals surface area contributed by atoms with Crippen LogP contribution in [0, 0.1) is 6.92 Å². The van der Waals surface area contributed by atoms with E-state index in [9.17, 15) is 9.59 Å². The number of aryl methyl sites for hydroxylation is 1. The van der Waals surface area contributed by atoms with Crippen molar-refractivity contribution < 1.29 is 23.4 Å². The maximum atomic E-state index is 13.1. The second-order valence-electron chi connectivity index (χ2n) is 7.72. The number of hydrogen-bond donors (Lipinski definition) is 1. The van der Waals surface area contributed by atoms with Gasteiger partial charge in [-0.2, -0.15) is 0 Å². The largest absolute Gasteiger partial charge is 0.486 e. The first kappa shape index (κ1) is 21.9. The Kier molecular flexibility index (Phi) is 5.86. The molecule has 5 rings (SSSR count). The van der Waals surface area contributed by atoms with Crippen LogP contribution in [0.4, 0.5) is 5.69 Å². The Morgan fingerprint density at radius 1 is 1.00 bits per heavy atom. The molecule has 1 N–H and O–H groups in total. The number of carbonyl (C=O) groups excluding carboxylic acids is 1. The van der Waals surface area contributed by atoms with E-state index >= 15 is 0 Å². The number of nitrogens with one attached hydrogen (secondary N) is 1. The summed E-state index contributed by atoms with van der Waals surface area (Å²) in [5, 5.41) is 3.77. The number of hydrogen-bond acceptors (Lipinski definition) is 6. The van der Waals surface area contributed by atoms with Gasteiger partial charge in [-0.25, -0.2) is 0 Å². The van der Waals surface area contributed by atoms with E-state index in [2.05, 4.69) is 5.32 Å². The molecule has 4 aromatic rings. The lowest BCUT2D eigenvalue weighted by molar-refractivity contribution is -0.118. The molecule has 0 aliphatic carbocycles. The third-order valence-electron chi connectivity index (χ3n) is 5.37. The van der Waals surface area contributed by atoms with E-state index in [1.54, 1.807) is 67.6 Å². The average molecular weight is 478 g/mol. The van der Waals surface area contributed by atoms with Crippen molar-refractivity contribution in [3.8, 4) is 28.4 Å². The van der Waals surface area contributed by atoms with Crippen LogP contribution in [0.5, 0.6) is 17.2 Å². The van der Waals surface area contributed by atoms with Gasteiger partial charge in [0.15, 0.2) is 18.1 Å². The number of anilines is 1. The molecule has 1 aliphatic heterocycles. The van der Waals surface area contributed by atoms with E-state index < -0.39 is 0 Å². The molecule has 0 bridgehead atoms. The molecule has 0 saturated carbocycles. The monoisotopic (exact) mass is 477 g/mol. The molecule has 7 nitrogen and oxygen atoms in total. The number of amides is 1. The summed E-state index contributed by atoms with van der Waals surface area (Å²) < 4.78 is 22.5. The molecule has 2 heterocycles. The van der Waals surface area contributed by atoms with E-state index in [1.165, 1.54) is 0 Å². The lowest BCUT2D eigenvalue weighted by Crippen LogP contribution is -2.21. The SMILES string of the molecule is Cc1oc2cc(OCC(=O)Nc3ccc4c(c3)OCCO4)ccc2c(=O)c1-c1ccc(Cl)cc1. The second kappa shape index (κ2) is 9.11. The van der Waals surface area contributed by atoms with Crippen molar-refractivity contribution in [2.24, 2.45) is 0 Å². The Balaban J connectivity index is 1.31. The highest BCUT2D eigenvalue weighted by Crippen LogP contribution is 2.32. The fourth-order valence-corrected chi connectivity index (χ4v) is 3.92. The molecule has 8 heteroatoms. The van der Waals surface area contributed by atoms with Gasteiger partial charge in [0.25, 0.3) is 5.91 Å². The zero-order chi connectivity index (χ0) is 23.7. The summed E-state index contributed by atoms with van der Waals surface area (Å²) in [6, 6.07) is 17.1.